The van der Waals surface area contributed by atoms with Gasteiger partial charge in [-0.3, -0.25) is 0 Å². The molecule has 3 heterocycles. The van der Waals surface area contributed by atoms with Crippen LogP contribution in [-0.2, 0) is 5.54 Å². The van der Waals surface area contributed by atoms with E-state index in [9.17, 15) is 0 Å². The van der Waals surface area contributed by atoms with E-state index in [0.29, 0.717) is 11.6 Å². The molecule has 0 fully saturated rings. The molecule has 0 amide bonds. The normalized spacial score (nSPS) is 17.3. The maximum Gasteiger partial charge on any atom is 0.241 e. The fraction of sp³-hybridized carbons (Fsp3) is 0.250. The van der Waals surface area contributed by atoms with Crippen LogP contribution in [0.25, 0.3) is 0 Å². The second-order valence-corrected chi connectivity index (χ2v) is 2.70. The highest BCUT2D eigenvalue weighted by Gasteiger charge is 2.43. The number of hydrogen-bond donors (Lipinski definition) is 2. The SMILES string of the molecule is C1=NN=NC1(c1nnn[nH]1)c1nnn[nH]1. The van der Waals surface area contributed by atoms with Crippen molar-refractivity contribution in [3.8, 4) is 0 Å². The maximum atomic E-state index is 3.91. The number of aromatic amines is 2. The van der Waals surface area contributed by atoms with E-state index in [-0.39, 0.29) is 0 Å². The van der Waals surface area contributed by atoms with E-state index >= 15 is 0 Å². The predicted octanol–water partition coefficient (Wildman–Crippen LogP) is -1.59. The molecule has 0 radical (unpaired) electrons. The molecule has 2 aromatic heterocycles. The Morgan fingerprint density at radius 1 is 1.00 bits per heavy atom. The Morgan fingerprint density at radius 3 is 2.07 bits per heavy atom. The lowest BCUT2D eigenvalue weighted by Gasteiger charge is -2.11. The van der Waals surface area contributed by atoms with Gasteiger partial charge in [-0.05, 0) is 26.1 Å². The Bertz CT molecular complexity index is 442. The van der Waals surface area contributed by atoms with Crippen LogP contribution in [-0.4, -0.2) is 47.5 Å². The second kappa shape index (κ2) is 2.70. The van der Waals surface area contributed by atoms with Crippen molar-refractivity contribution in [2.45, 2.75) is 5.54 Å². The molecule has 0 aliphatic carbocycles. The third-order valence-corrected chi connectivity index (χ3v) is 1.91. The molecule has 2 N–H and O–H groups in total. The molecule has 0 saturated carbocycles. The molecule has 0 atom stereocenters. The smallest absolute Gasteiger partial charge is 0.240 e. The van der Waals surface area contributed by atoms with Gasteiger partial charge in [0.05, 0.1) is 6.21 Å². The largest absolute Gasteiger partial charge is 0.241 e. The van der Waals surface area contributed by atoms with Gasteiger partial charge in [-0.2, -0.15) is 0 Å². The minimum atomic E-state index is -1.08. The molecule has 0 saturated heterocycles. The van der Waals surface area contributed by atoms with Gasteiger partial charge in [0.2, 0.25) is 5.54 Å². The average molecular weight is 205 g/mol. The first-order chi connectivity index (χ1) is 7.42. The minimum Gasteiger partial charge on any atom is -0.240 e. The van der Waals surface area contributed by atoms with Crippen LogP contribution < -0.4 is 0 Å². The molecule has 11 heteroatoms. The summed E-state index contributed by atoms with van der Waals surface area (Å²) in [6, 6.07) is 0. The fourth-order valence-corrected chi connectivity index (χ4v) is 1.20. The van der Waals surface area contributed by atoms with Crippen LogP contribution >= 0.6 is 0 Å². The summed E-state index contributed by atoms with van der Waals surface area (Å²) >= 11 is 0. The molecule has 0 spiro atoms. The van der Waals surface area contributed by atoms with Crippen molar-refractivity contribution < 1.29 is 0 Å². The van der Waals surface area contributed by atoms with E-state index < -0.39 is 5.54 Å². The highest BCUT2D eigenvalue weighted by Crippen LogP contribution is 2.29. The van der Waals surface area contributed by atoms with Gasteiger partial charge in [0.25, 0.3) is 0 Å². The van der Waals surface area contributed by atoms with Gasteiger partial charge in [-0.25, -0.2) is 10.2 Å². The molecule has 0 unspecified atom stereocenters. The van der Waals surface area contributed by atoms with Gasteiger partial charge < -0.3 is 0 Å². The van der Waals surface area contributed by atoms with Crippen molar-refractivity contribution in [3.05, 3.63) is 11.6 Å². The summed E-state index contributed by atoms with van der Waals surface area (Å²) in [6.07, 6.45) is 1.44. The van der Waals surface area contributed by atoms with Crippen molar-refractivity contribution >= 4 is 6.21 Å². The van der Waals surface area contributed by atoms with Gasteiger partial charge in [0, 0.05) is 0 Å². The van der Waals surface area contributed by atoms with Crippen LogP contribution in [0.1, 0.15) is 11.6 Å². The topological polar surface area (TPSA) is 146 Å². The molecule has 3 rings (SSSR count). The maximum absolute atomic E-state index is 3.91. The van der Waals surface area contributed by atoms with Crippen LogP contribution in [0.2, 0.25) is 0 Å². The van der Waals surface area contributed by atoms with E-state index in [2.05, 4.69) is 56.7 Å². The Labute approximate surface area is 81.1 Å². The number of H-pyrrole nitrogens is 2. The van der Waals surface area contributed by atoms with Crippen molar-refractivity contribution in [3.63, 3.8) is 0 Å². The minimum absolute atomic E-state index is 0.339. The summed E-state index contributed by atoms with van der Waals surface area (Å²) in [7, 11) is 0. The highest BCUT2D eigenvalue weighted by molar-refractivity contribution is 5.76. The lowest BCUT2D eigenvalue weighted by molar-refractivity contribution is 0.619. The van der Waals surface area contributed by atoms with Gasteiger partial charge in [-0.15, -0.1) is 20.4 Å². The molecule has 0 aromatic carbocycles. The molecular weight excluding hydrogens is 202 g/mol. The molecule has 1 aliphatic heterocycles. The molecule has 0 bridgehead atoms. The zero-order chi connectivity index (χ0) is 10.1. The standard InChI is InChI=1S/C4H3N11/c1-4(10-11-5-1,2-6-12-13-7-2)3-8-14-15-9-3/h1H,(H,6,7,12,13)(H,8,9,14,15). The van der Waals surface area contributed by atoms with Gasteiger partial charge in [-0.1, -0.05) is 0 Å². The summed E-state index contributed by atoms with van der Waals surface area (Å²) in [6.45, 7) is 0. The van der Waals surface area contributed by atoms with Gasteiger partial charge in [0.15, 0.2) is 11.6 Å². The van der Waals surface area contributed by atoms with Crippen LogP contribution in [0.15, 0.2) is 15.4 Å². The first-order valence-corrected chi connectivity index (χ1v) is 3.86. The quantitative estimate of drug-likeness (QED) is 0.603. The van der Waals surface area contributed by atoms with Crippen LogP contribution in [0, 0.1) is 0 Å². The van der Waals surface area contributed by atoms with E-state index in [0.717, 1.165) is 0 Å². The van der Waals surface area contributed by atoms with Gasteiger partial charge in [0.1, 0.15) is 0 Å². The molecule has 15 heavy (non-hydrogen) atoms. The first-order valence-electron chi connectivity index (χ1n) is 3.86. The summed E-state index contributed by atoms with van der Waals surface area (Å²) < 4.78 is 0. The second-order valence-electron chi connectivity index (χ2n) is 2.70. The van der Waals surface area contributed by atoms with Crippen molar-refractivity contribution in [2.75, 3.05) is 0 Å². The summed E-state index contributed by atoms with van der Waals surface area (Å²) in [4.78, 5) is 0. The van der Waals surface area contributed by atoms with Crippen molar-refractivity contribution in [1.82, 2.24) is 41.2 Å². The number of rotatable bonds is 2. The van der Waals surface area contributed by atoms with E-state index in [1.807, 2.05) is 0 Å². The molecule has 1 aliphatic rings. The Balaban J connectivity index is 2.20. The Hall–Kier alpha value is -2.59. The number of nitrogens with one attached hydrogen (secondary N) is 2. The average Bonchev–Trinajstić information content (AvgIpc) is 3.02. The summed E-state index contributed by atoms with van der Waals surface area (Å²) in [5.74, 6) is 0.678. The number of nitrogens with zero attached hydrogens (tertiary/aromatic N) is 9. The first kappa shape index (κ1) is 7.78. The van der Waals surface area contributed by atoms with E-state index in [1.54, 1.807) is 0 Å². The Morgan fingerprint density at radius 2 is 1.67 bits per heavy atom. The van der Waals surface area contributed by atoms with E-state index in [1.165, 1.54) is 6.21 Å². The lowest BCUT2D eigenvalue weighted by Crippen LogP contribution is -2.28. The van der Waals surface area contributed by atoms with Crippen LogP contribution in [0.5, 0.6) is 0 Å². The molecule has 11 nitrogen and oxygen atoms in total. The number of tetrazole rings is 2. The molecular formula is C4H3N11. The fourth-order valence-electron chi connectivity index (χ4n) is 1.20. The predicted molar refractivity (Wildman–Crippen MR) is 42.5 cm³/mol. The van der Waals surface area contributed by atoms with Gasteiger partial charge >= 0.3 is 0 Å². The summed E-state index contributed by atoms with van der Waals surface area (Å²) in [5, 5.41) is 37.5. The third-order valence-electron chi connectivity index (χ3n) is 1.91. The third kappa shape index (κ3) is 0.962. The summed E-state index contributed by atoms with van der Waals surface area (Å²) in [5.41, 5.74) is -1.08. The number of hydrogen-bond acceptors (Lipinski definition) is 9. The van der Waals surface area contributed by atoms with Crippen LogP contribution in [0.4, 0.5) is 0 Å². The molecule has 2 aromatic rings. The highest BCUT2D eigenvalue weighted by atomic mass is 15.5. The van der Waals surface area contributed by atoms with Crippen molar-refractivity contribution in [1.29, 1.82) is 0 Å². The lowest BCUT2D eigenvalue weighted by atomic mass is 10.0. The van der Waals surface area contributed by atoms with E-state index in [4.69, 9.17) is 0 Å². The molecule has 74 valence electrons. The van der Waals surface area contributed by atoms with Crippen LogP contribution in [0.3, 0.4) is 0 Å². The monoisotopic (exact) mass is 205 g/mol. The Kier molecular flexibility index (Phi) is 1.40. The zero-order valence-electron chi connectivity index (χ0n) is 7.10. The van der Waals surface area contributed by atoms with Crippen molar-refractivity contribution in [2.24, 2.45) is 15.4 Å². The zero-order valence-corrected chi connectivity index (χ0v) is 7.10. The number of aromatic nitrogens is 8.